The fourth-order valence-electron chi connectivity index (χ4n) is 4.78. The quantitative estimate of drug-likeness (QED) is 0.221. The Bertz CT molecular complexity index is 1460. The van der Waals surface area contributed by atoms with Gasteiger partial charge in [0.25, 0.3) is 0 Å². The maximum absolute atomic E-state index is 13.3. The van der Waals surface area contributed by atoms with Crippen molar-refractivity contribution in [2.45, 2.75) is 0 Å². The molecule has 1 saturated heterocycles. The summed E-state index contributed by atoms with van der Waals surface area (Å²) in [6, 6.07) is 17.9. The molecule has 2 aliphatic rings. The molecule has 1 fully saturated rings. The van der Waals surface area contributed by atoms with Gasteiger partial charge in [0, 0.05) is 59.3 Å². The van der Waals surface area contributed by atoms with Gasteiger partial charge in [0.1, 0.15) is 0 Å². The molecular weight excluding hydrogens is 434 g/mol. The Morgan fingerprint density at radius 1 is 1.03 bits per heavy atom. The Labute approximate surface area is 196 Å². The molecule has 33 heavy (non-hydrogen) atoms. The highest BCUT2D eigenvalue weighted by molar-refractivity contribution is 6.32. The number of ether oxygens (including phenoxy) is 1. The first-order valence-electron chi connectivity index (χ1n) is 11.0. The van der Waals surface area contributed by atoms with Gasteiger partial charge in [0.2, 0.25) is 0 Å². The zero-order valence-corrected chi connectivity index (χ0v) is 19.0. The van der Waals surface area contributed by atoms with Crippen molar-refractivity contribution in [1.82, 2.24) is 9.88 Å². The van der Waals surface area contributed by atoms with Gasteiger partial charge in [-0.05, 0) is 41.8 Å². The van der Waals surface area contributed by atoms with E-state index in [0.717, 1.165) is 57.4 Å². The Morgan fingerprint density at radius 3 is 2.70 bits per heavy atom. The second-order valence-corrected chi connectivity index (χ2v) is 8.88. The summed E-state index contributed by atoms with van der Waals surface area (Å²) in [5.41, 5.74) is 5.57. The van der Waals surface area contributed by atoms with E-state index >= 15 is 0 Å². The highest BCUT2D eigenvalue weighted by Crippen LogP contribution is 2.48. The molecule has 2 aliphatic heterocycles. The van der Waals surface area contributed by atoms with Gasteiger partial charge in [0.05, 0.1) is 35.8 Å². The van der Waals surface area contributed by atoms with Crippen molar-refractivity contribution in [3.05, 3.63) is 77.5 Å². The third kappa shape index (κ3) is 3.36. The minimum absolute atomic E-state index is 0.0274. The van der Waals surface area contributed by atoms with E-state index < -0.39 is 0 Å². The summed E-state index contributed by atoms with van der Waals surface area (Å²) in [6.07, 6.45) is 3.54. The minimum atomic E-state index is -0.0274. The summed E-state index contributed by atoms with van der Waals surface area (Å²) < 4.78 is 5.40. The van der Waals surface area contributed by atoms with Crippen LogP contribution in [-0.4, -0.2) is 49.0 Å². The van der Waals surface area contributed by atoms with E-state index in [1.165, 1.54) is 0 Å². The first-order valence-corrected chi connectivity index (χ1v) is 11.4. The molecule has 0 spiro atoms. The van der Waals surface area contributed by atoms with Gasteiger partial charge in [-0.1, -0.05) is 29.8 Å². The fraction of sp³-hybridized carbons (Fsp3) is 0.185. The molecule has 6 heteroatoms. The number of carbonyl (C=O) groups excluding carboxylic acids is 1. The van der Waals surface area contributed by atoms with Crippen molar-refractivity contribution in [1.29, 1.82) is 0 Å². The number of benzene rings is 3. The van der Waals surface area contributed by atoms with Crippen LogP contribution in [0.2, 0.25) is 5.02 Å². The molecule has 0 radical (unpaired) electrons. The molecule has 4 aromatic rings. The molecule has 164 valence electrons. The smallest absolute Gasteiger partial charge is 0.187 e. The number of morpholine rings is 1. The molecule has 5 nitrogen and oxygen atoms in total. The average Bonchev–Trinajstić information content (AvgIpc) is 2.86. The summed E-state index contributed by atoms with van der Waals surface area (Å²) in [6.45, 7) is 2.96. The molecular formula is C27H22ClN3O2. The van der Waals surface area contributed by atoms with Crippen LogP contribution in [0, 0.1) is 0 Å². The topological polar surface area (TPSA) is 45.7 Å². The molecule has 1 aromatic heterocycles. The standard InChI is InChI=1S/C27H22ClN3O2/c1-30-23-5-3-2-4-19(23)27-26-21(20-16-18(28)6-7-22(20)29-27)14-17(15-24(26)30)25(32)8-9-31-10-12-33-13-11-31/h2-9,14-16H,10-13H2,1H3. The Morgan fingerprint density at radius 2 is 1.85 bits per heavy atom. The number of rotatable bonds is 3. The zero-order chi connectivity index (χ0) is 22.5. The number of allylic oxidation sites excluding steroid dienone is 1. The van der Waals surface area contributed by atoms with Gasteiger partial charge >= 0.3 is 0 Å². The predicted molar refractivity (Wildman–Crippen MR) is 134 cm³/mol. The van der Waals surface area contributed by atoms with Gasteiger partial charge in [0.15, 0.2) is 5.78 Å². The number of ketones is 1. The lowest BCUT2D eigenvalue weighted by Gasteiger charge is -2.30. The van der Waals surface area contributed by atoms with Crippen molar-refractivity contribution in [2.24, 2.45) is 0 Å². The van der Waals surface area contributed by atoms with Crippen LogP contribution in [0.3, 0.4) is 0 Å². The number of nitrogens with zero attached hydrogens (tertiary/aromatic N) is 3. The average molecular weight is 456 g/mol. The van der Waals surface area contributed by atoms with Crippen LogP contribution in [0.1, 0.15) is 10.4 Å². The van der Waals surface area contributed by atoms with Gasteiger partial charge in [-0.3, -0.25) is 4.79 Å². The van der Waals surface area contributed by atoms with Gasteiger partial charge in [-0.2, -0.15) is 0 Å². The number of hydrogen-bond donors (Lipinski definition) is 0. The fourth-order valence-corrected chi connectivity index (χ4v) is 4.95. The second-order valence-electron chi connectivity index (χ2n) is 8.44. The molecule has 0 bridgehead atoms. The number of hydrogen-bond acceptors (Lipinski definition) is 5. The number of pyridine rings is 1. The van der Waals surface area contributed by atoms with E-state index in [1.54, 1.807) is 6.08 Å². The van der Waals surface area contributed by atoms with Crippen LogP contribution in [0.5, 0.6) is 0 Å². The van der Waals surface area contributed by atoms with Crippen molar-refractivity contribution >= 4 is 50.4 Å². The lowest BCUT2D eigenvalue weighted by Crippen LogP contribution is -2.32. The number of para-hydroxylation sites is 1. The third-order valence-electron chi connectivity index (χ3n) is 6.48. The molecule has 0 aliphatic carbocycles. The van der Waals surface area contributed by atoms with Crippen LogP contribution < -0.4 is 4.90 Å². The number of anilines is 2. The maximum atomic E-state index is 13.3. The van der Waals surface area contributed by atoms with E-state index in [2.05, 4.69) is 21.9 Å². The molecule has 0 N–H and O–H groups in total. The molecule has 3 aromatic carbocycles. The lowest BCUT2D eigenvalue weighted by molar-refractivity contribution is 0.0591. The number of aromatic nitrogens is 1. The van der Waals surface area contributed by atoms with Gasteiger partial charge in [-0.15, -0.1) is 0 Å². The Hall–Kier alpha value is -3.41. The van der Waals surface area contributed by atoms with Crippen molar-refractivity contribution < 1.29 is 9.53 Å². The van der Waals surface area contributed by atoms with Gasteiger partial charge in [-0.25, -0.2) is 4.98 Å². The van der Waals surface area contributed by atoms with E-state index in [0.29, 0.717) is 23.8 Å². The van der Waals surface area contributed by atoms with Crippen LogP contribution >= 0.6 is 11.6 Å². The summed E-state index contributed by atoms with van der Waals surface area (Å²) in [5, 5.41) is 3.62. The van der Waals surface area contributed by atoms with Crippen molar-refractivity contribution in [3.8, 4) is 11.3 Å². The summed E-state index contributed by atoms with van der Waals surface area (Å²) >= 11 is 6.36. The highest BCUT2D eigenvalue weighted by atomic mass is 35.5. The van der Waals surface area contributed by atoms with Crippen LogP contribution in [0.25, 0.3) is 32.9 Å². The number of halogens is 1. The SMILES string of the molecule is CN1c2ccccc2-c2nc3ccc(Cl)cc3c3cc(C(=O)C=CN4CCOCC4)cc1c23. The van der Waals surface area contributed by atoms with E-state index in [1.807, 2.05) is 55.7 Å². The van der Waals surface area contributed by atoms with Crippen LogP contribution in [0.4, 0.5) is 11.4 Å². The van der Waals surface area contributed by atoms with Crippen molar-refractivity contribution in [3.63, 3.8) is 0 Å². The summed E-state index contributed by atoms with van der Waals surface area (Å²) in [5.74, 6) is -0.0274. The van der Waals surface area contributed by atoms with E-state index in [4.69, 9.17) is 21.3 Å². The zero-order valence-electron chi connectivity index (χ0n) is 18.2. The molecule has 3 heterocycles. The minimum Gasteiger partial charge on any atom is -0.378 e. The second kappa shape index (κ2) is 7.87. The molecule has 0 saturated carbocycles. The molecule has 0 atom stereocenters. The molecule has 0 amide bonds. The van der Waals surface area contributed by atoms with Crippen molar-refractivity contribution in [2.75, 3.05) is 38.3 Å². The van der Waals surface area contributed by atoms with Crippen LogP contribution in [-0.2, 0) is 4.74 Å². The predicted octanol–water partition coefficient (Wildman–Crippen LogP) is 5.82. The van der Waals surface area contributed by atoms with Crippen LogP contribution in [0.15, 0.2) is 66.9 Å². The largest absolute Gasteiger partial charge is 0.378 e. The first kappa shape index (κ1) is 20.2. The molecule has 6 rings (SSSR count). The lowest BCUT2D eigenvalue weighted by atomic mass is 9.91. The maximum Gasteiger partial charge on any atom is 0.187 e. The summed E-state index contributed by atoms with van der Waals surface area (Å²) in [4.78, 5) is 22.5. The van der Waals surface area contributed by atoms with E-state index in [9.17, 15) is 4.79 Å². The Balaban J connectivity index is 1.58. The highest BCUT2D eigenvalue weighted by Gasteiger charge is 2.26. The Kier molecular flexibility index (Phi) is 4.82. The molecule has 0 unspecified atom stereocenters. The first-order chi connectivity index (χ1) is 16.1. The monoisotopic (exact) mass is 455 g/mol. The van der Waals surface area contributed by atoms with Gasteiger partial charge < -0.3 is 14.5 Å². The number of fused-ring (bicyclic) bond motifs is 4. The summed E-state index contributed by atoms with van der Waals surface area (Å²) in [7, 11) is 2.04. The number of carbonyl (C=O) groups is 1. The van der Waals surface area contributed by atoms with E-state index in [-0.39, 0.29) is 5.78 Å². The normalized spacial score (nSPS) is 15.5. The third-order valence-corrected chi connectivity index (χ3v) is 6.72.